The highest BCUT2D eigenvalue weighted by Gasteiger charge is 2.21. The van der Waals surface area contributed by atoms with Gasteiger partial charge in [0, 0.05) is 51.9 Å². The fourth-order valence-corrected chi connectivity index (χ4v) is 3.75. The molecule has 3 rings (SSSR count). The van der Waals surface area contributed by atoms with Gasteiger partial charge in [-0.15, -0.1) is 24.0 Å². The van der Waals surface area contributed by atoms with Gasteiger partial charge in [0.05, 0.1) is 6.54 Å². The maximum atomic E-state index is 11.5. The van der Waals surface area contributed by atoms with Crippen LogP contribution in [0, 0.1) is 0 Å². The second kappa shape index (κ2) is 12.2. The molecule has 0 radical (unpaired) electrons. The average molecular weight is 515 g/mol. The molecule has 0 atom stereocenters. The van der Waals surface area contributed by atoms with Crippen molar-refractivity contribution in [3.05, 3.63) is 23.9 Å². The highest BCUT2D eigenvalue weighted by molar-refractivity contribution is 14.0. The predicted molar refractivity (Wildman–Crippen MR) is 126 cm³/mol. The molecule has 0 bridgehead atoms. The minimum absolute atomic E-state index is 0. The van der Waals surface area contributed by atoms with Crippen LogP contribution in [0.15, 0.2) is 23.3 Å². The molecule has 1 aliphatic carbocycles. The summed E-state index contributed by atoms with van der Waals surface area (Å²) < 4.78 is 6.00. The number of halogens is 1. The van der Waals surface area contributed by atoms with Gasteiger partial charge >= 0.3 is 0 Å². The first-order valence-electron chi connectivity index (χ1n) is 10.6. The molecule has 2 aliphatic rings. The molecule has 2 heterocycles. The van der Waals surface area contributed by atoms with Crippen molar-refractivity contribution in [2.75, 3.05) is 32.7 Å². The number of nitrogens with zero attached hydrogens (tertiary/aromatic N) is 4. The molecule has 1 aromatic rings. The van der Waals surface area contributed by atoms with Gasteiger partial charge in [0.15, 0.2) is 5.96 Å². The van der Waals surface area contributed by atoms with Crippen LogP contribution in [-0.4, -0.2) is 65.5 Å². The van der Waals surface area contributed by atoms with Crippen LogP contribution in [-0.2, 0) is 11.3 Å². The molecule has 1 N–H and O–H groups in total. The number of hydrogen-bond donors (Lipinski definition) is 1. The van der Waals surface area contributed by atoms with E-state index in [4.69, 9.17) is 9.73 Å². The summed E-state index contributed by atoms with van der Waals surface area (Å²) in [5, 5.41) is 3.36. The molecule has 162 valence electrons. The van der Waals surface area contributed by atoms with E-state index in [0.717, 1.165) is 57.1 Å². The molecular weight excluding hydrogens is 481 g/mol. The first kappa shape index (κ1) is 23.7. The second-order valence-electron chi connectivity index (χ2n) is 7.55. The van der Waals surface area contributed by atoms with Gasteiger partial charge in [0.2, 0.25) is 11.8 Å². The number of amides is 1. The Morgan fingerprint density at radius 1 is 1.17 bits per heavy atom. The number of ether oxygens (including phenoxy) is 1. The van der Waals surface area contributed by atoms with Crippen LogP contribution in [0.1, 0.15) is 51.5 Å². The maximum Gasteiger partial charge on any atom is 0.219 e. The van der Waals surface area contributed by atoms with E-state index in [1.54, 1.807) is 6.92 Å². The molecule has 0 unspecified atom stereocenters. The van der Waals surface area contributed by atoms with Gasteiger partial charge in [-0.3, -0.25) is 4.79 Å². The Bertz CT molecular complexity index is 654. The fourth-order valence-electron chi connectivity index (χ4n) is 3.75. The molecule has 1 aliphatic heterocycles. The monoisotopic (exact) mass is 515 g/mol. The highest BCUT2D eigenvalue weighted by atomic mass is 127. The van der Waals surface area contributed by atoms with Crippen LogP contribution < -0.4 is 10.1 Å². The number of piperazine rings is 1. The third-order valence-corrected chi connectivity index (χ3v) is 5.41. The number of hydrogen-bond acceptors (Lipinski definition) is 4. The van der Waals surface area contributed by atoms with Crippen LogP contribution in [0.25, 0.3) is 0 Å². The van der Waals surface area contributed by atoms with E-state index in [1.165, 1.54) is 19.3 Å². The highest BCUT2D eigenvalue weighted by Crippen LogP contribution is 2.22. The van der Waals surface area contributed by atoms with Crippen molar-refractivity contribution in [2.45, 2.75) is 58.6 Å². The van der Waals surface area contributed by atoms with Crippen molar-refractivity contribution in [1.82, 2.24) is 20.1 Å². The molecule has 29 heavy (non-hydrogen) atoms. The number of pyridine rings is 1. The van der Waals surface area contributed by atoms with E-state index < -0.39 is 0 Å². The molecule has 7 nitrogen and oxygen atoms in total. The quantitative estimate of drug-likeness (QED) is 0.371. The Balaban J connectivity index is 0.00000300. The topological polar surface area (TPSA) is 70.1 Å². The van der Waals surface area contributed by atoms with Crippen molar-refractivity contribution in [2.24, 2.45) is 4.99 Å². The number of carbonyl (C=O) groups is 1. The van der Waals surface area contributed by atoms with E-state index in [9.17, 15) is 4.79 Å². The molecule has 8 heteroatoms. The summed E-state index contributed by atoms with van der Waals surface area (Å²) in [6.45, 7) is 8.19. The van der Waals surface area contributed by atoms with Crippen LogP contribution in [0.4, 0.5) is 0 Å². The Labute approximate surface area is 191 Å². The van der Waals surface area contributed by atoms with E-state index in [-0.39, 0.29) is 29.9 Å². The molecule has 1 amide bonds. The molecule has 0 spiro atoms. The predicted octanol–water partition coefficient (Wildman–Crippen LogP) is 3.04. The van der Waals surface area contributed by atoms with Gasteiger partial charge in [0.25, 0.3) is 0 Å². The number of guanidine groups is 1. The van der Waals surface area contributed by atoms with Crippen molar-refractivity contribution in [3.63, 3.8) is 0 Å². The fraction of sp³-hybridized carbons (Fsp3) is 0.667. The molecule has 1 saturated carbocycles. The molecule has 2 fully saturated rings. The third-order valence-electron chi connectivity index (χ3n) is 5.41. The zero-order valence-corrected chi connectivity index (χ0v) is 19.9. The van der Waals surface area contributed by atoms with Crippen LogP contribution in [0.2, 0.25) is 0 Å². The first-order valence-corrected chi connectivity index (χ1v) is 10.6. The van der Waals surface area contributed by atoms with Crippen LogP contribution in [0.5, 0.6) is 5.88 Å². The van der Waals surface area contributed by atoms with E-state index in [0.29, 0.717) is 18.5 Å². The van der Waals surface area contributed by atoms with Gasteiger partial charge < -0.3 is 19.9 Å². The van der Waals surface area contributed by atoms with Crippen molar-refractivity contribution < 1.29 is 9.53 Å². The first-order chi connectivity index (χ1) is 13.7. The average Bonchev–Trinajstić information content (AvgIpc) is 2.73. The zero-order valence-electron chi connectivity index (χ0n) is 17.6. The Kier molecular flexibility index (Phi) is 9.96. The number of rotatable bonds is 5. The third kappa shape index (κ3) is 7.31. The second-order valence-corrected chi connectivity index (χ2v) is 7.55. The molecule has 1 aromatic heterocycles. The molecular formula is C21H34IN5O2. The Morgan fingerprint density at radius 3 is 2.45 bits per heavy atom. The van der Waals surface area contributed by atoms with Gasteiger partial charge in [-0.25, -0.2) is 9.98 Å². The number of aromatic nitrogens is 1. The number of aliphatic imine (C=N–C) groups is 1. The summed E-state index contributed by atoms with van der Waals surface area (Å²) in [4.78, 5) is 24.9. The van der Waals surface area contributed by atoms with E-state index >= 15 is 0 Å². The Hall–Kier alpha value is -1.58. The summed E-state index contributed by atoms with van der Waals surface area (Å²) in [6, 6.07) is 4.00. The standard InChI is InChI=1S/C21H33N5O2.HI/c1-3-22-21(26-13-11-25(12-14-26)17(2)27)24-16-18-9-10-20(23-15-18)28-19-7-5-4-6-8-19;/h9-10,15,19H,3-8,11-14,16H2,1-2H3,(H,22,24);1H. The summed E-state index contributed by atoms with van der Waals surface area (Å²) in [5.41, 5.74) is 1.06. The number of nitrogens with one attached hydrogen (secondary N) is 1. The zero-order chi connectivity index (χ0) is 19.8. The largest absolute Gasteiger partial charge is 0.474 e. The Morgan fingerprint density at radius 2 is 1.86 bits per heavy atom. The lowest BCUT2D eigenvalue weighted by molar-refractivity contribution is -0.130. The lowest BCUT2D eigenvalue weighted by atomic mass is 9.98. The lowest BCUT2D eigenvalue weighted by Crippen LogP contribution is -2.53. The SMILES string of the molecule is CCNC(=NCc1ccc(OC2CCCCC2)nc1)N1CCN(C(C)=O)CC1.I. The summed E-state index contributed by atoms with van der Waals surface area (Å²) in [5.74, 6) is 1.75. The van der Waals surface area contributed by atoms with Crippen molar-refractivity contribution in [1.29, 1.82) is 0 Å². The van der Waals surface area contributed by atoms with Crippen molar-refractivity contribution in [3.8, 4) is 5.88 Å². The molecule has 0 aromatic carbocycles. The minimum Gasteiger partial charge on any atom is -0.474 e. The van der Waals surface area contributed by atoms with Crippen molar-refractivity contribution >= 4 is 35.8 Å². The molecule has 1 saturated heterocycles. The summed E-state index contributed by atoms with van der Waals surface area (Å²) in [7, 11) is 0. The van der Waals surface area contributed by atoms with Gasteiger partial charge in [-0.05, 0) is 38.2 Å². The van der Waals surface area contributed by atoms with Crippen LogP contribution >= 0.6 is 24.0 Å². The van der Waals surface area contributed by atoms with Gasteiger partial charge in [-0.2, -0.15) is 0 Å². The van der Waals surface area contributed by atoms with Gasteiger partial charge in [-0.1, -0.05) is 12.5 Å². The maximum absolute atomic E-state index is 11.5. The summed E-state index contributed by atoms with van der Waals surface area (Å²) in [6.07, 6.45) is 8.28. The summed E-state index contributed by atoms with van der Waals surface area (Å²) >= 11 is 0. The lowest BCUT2D eigenvalue weighted by Gasteiger charge is -2.36. The normalized spacial score (nSPS) is 18.2. The van der Waals surface area contributed by atoms with Crippen LogP contribution in [0.3, 0.4) is 0 Å². The van der Waals surface area contributed by atoms with E-state index in [1.807, 2.05) is 23.2 Å². The smallest absolute Gasteiger partial charge is 0.219 e. The minimum atomic E-state index is 0. The number of carbonyl (C=O) groups excluding carboxylic acids is 1. The van der Waals surface area contributed by atoms with E-state index in [2.05, 4.69) is 22.1 Å². The van der Waals surface area contributed by atoms with Gasteiger partial charge in [0.1, 0.15) is 6.10 Å².